The van der Waals surface area contributed by atoms with Gasteiger partial charge in [-0.2, -0.15) is 5.26 Å². The van der Waals surface area contributed by atoms with Gasteiger partial charge in [-0.15, -0.1) is 0 Å². The highest BCUT2D eigenvalue weighted by Crippen LogP contribution is 2.23. The summed E-state index contributed by atoms with van der Waals surface area (Å²) in [5, 5.41) is 22.1. The molecule has 8 heteroatoms. The van der Waals surface area contributed by atoms with Gasteiger partial charge in [0.15, 0.2) is 0 Å². The molecular weight excluding hydrogens is 348 g/mol. The van der Waals surface area contributed by atoms with Crippen LogP contribution in [0.5, 0.6) is 5.75 Å². The molecule has 2 aliphatic rings. The molecule has 2 heterocycles. The van der Waals surface area contributed by atoms with Gasteiger partial charge in [-0.25, -0.2) is 4.79 Å². The van der Waals surface area contributed by atoms with Gasteiger partial charge in [0, 0.05) is 31.9 Å². The van der Waals surface area contributed by atoms with Crippen LogP contribution in [0.4, 0.5) is 10.5 Å². The maximum absolute atomic E-state index is 12.6. The molecular formula is C19H26N4O4. The maximum Gasteiger partial charge on any atom is 0.321 e. The molecule has 0 unspecified atom stereocenters. The van der Waals surface area contributed by atoms with Crippen LogP contribution in [0, 0.1) is 11.3 Å². The van der Waals surface area contributed by atoms with E-state index in [0.29, 0.717) is 56.5 Å². The van der Waals surface area contributed by atoms with Gasteiger partial charge in [0.1, 0.15) is 11.8 Å². The number of carbonyl (C=O) groups excluding carboxylic acids is 1. The Morgan fingerprint density at radius 2 is 2.22 bits per heavy atom. The summed E-state index contributed by atoms with van der Waals surface area (Å²) in [6, 6.07) is 6.98. The van der Waals surface area contributed by atoms with E-state index in [9.17, 15) is 15.2 Å². The molecule has 2 fully saturated rings. The van der Waals surface area contributed by atoms with Gasteiger partial charge in [0.05, 0.1) is 37.5 Å². The fraction of sp³-hybridized carbons (Fsp3) is 0.579. The lowest BCUT2D eigenvalue weighted by molar-refractivity contribution is 0.0845. The molecule has 0 saturated carbocycles. The topological polar surface area (TPSA) is 98.1 Å². The molecule has 2 saturated heterocycles. The summed E-state index contributed by atoms with van der Waals surface area (Å²) in [7, 11) is 0. The highest BCUT2D eigenvalue weighted by molar-refractivity contribution is 5.89. The van der Waals surface area contributed by atoms with Gasteiger partial charge in [0.2, 0.25) is 0 Å². The van der Waals surface area contributed by atoms with Crippen molar-refractivity contribution in [3.8, 4) is 11.8 Å². The standard InChI is InChI=1S/C19H26N4O4/c1-2-27-18-5-4-15(10-14(18)11-20)21-19(25)23-7-3-6-22(8-9-23)16-12-26-13-17(16)24/h4-5,10,16-17,24H,2-3,6-9,12-13H2,1H3,(H,21,25)/t16-,17-/m1/s1. The molecule has 27 heavy (non-hydrogen) atoms. The van der Waals surface area contributed by atoms with Gasteiger partial charge in [-0.1, -0.05) is 0 Å². The molecule has 0 aliphatic carbocycles. The second-order valence-corrected chi connectivity index (χ2v) is 6.73. The summed E-state index contributed by atoms with van der Waals surface area (Å²) >= 11 is 0. The van der Waals surface area contributed by atoms with E-state index >= 15 is 0 Å². The number of aliphatic hydroxyl groups excluding tert-OH is 1. The lowest BCUT2D eigenvalue weighted by Gasteiger charge is -2.28. The van der Waals surface area contributed by atoms with Gasteiger partial charge < -0.3 is 24.8 Å². The smallest absolute Gasteiger partial charge is 0.321 e. The van der Waals surface area contributed by atoms with E-state index in [4.69, 9.17) is 9.47 Å². The Balaban J connectivity index is 1.59. The Morgan fingerprint density at radius 1 is 1.37 bits per heavy atom. The number of carbonyl (C=O) groups is 1. The molecule has 0 bridgehead atoms. The van der Waals surface area contributed by atoms with Crippen LogP contribution in [-0.4, -0.2) is 79.1 Å². The molecule has 0 radical (unpaired) electrons. The first kappa shape index (κ1) is 19.4. The van der Waals surface area contributed by atoms with Crippen LogP contribution in [0.1, 0.15) is 18.9 Å². The monoisotopic (exact) mass is 374 g/mol. The van der Waals surface area contributed by atoms with Crippen molar-refractivity contribution in [3.63, 3.8) is 0 Å². The van der Waals surface area contributed by atoms with E-state index in [1.165, 1.54) is 0 Å². The summed E-state index contributed by atoms with van der Waals surface area (Å²) in [6.07, 6.45) is 0.377. The van der Waals surface area contributed by atoms with Crippen LogP contribution in [0.15, 0.2) is 18.2 Å². The normalized spacial score (nSPS) is 23.5. The second-order valence-electron chi connectivity index (χ2n) is 6.73. The van der Waals surface area contributed by atoms with Crippen molar-refractivity contribution >= 4 is 11.7 Å². The lowest BCUT2D eigenvalue weighted by atomic mass is 10.2. The van der Waals surface area contributed by atoms with Crippen molar-refractivity contribution < 1.29 is 19.4 Å². The molecule has 2 atom stereocenters. The Morgan fingerprint density at radius 3 is 2.93 bits per heavy atom. The number of hydrogen-bond acceptors (Lipinski definition) is 6. The Bertz CT molecular complexity index is 705. The highest BCUT2D eigenvalue weighted by atomic mass is 16.5. The van der Waals surface area contributed by atoms with Gasteiger partial charge in [0.25, 0.3) is 0 Å². The number of benzene rings is 1. The highest BCUT2D eigenvalue weighted by Gasteiger charge is 2.33. The van der Waals surface area contributed by atoms with Crippen molar-refractivity contribution in [1.82, 2.24) is 9.80 Å². The first-order chi connectivity index (χ1) is 13.1. The summed E-state index contributed by atoms with van der Waals surface area (Å²) < 4.78 is 10.8. The number of urea groups is 1. The summed E-state index contributed by atoms with van der Waals surface area (Å²) in [6.45, 7) is 6.01. The third-order valence-corrected chi connectivity index (χ3v) is 4.96. The first-order valence-corrected chi connectivity index (χ1v) is 9.35. The SMILES string of the molecule is CCOc1ccc(NC(=O)N2CCCN([C@@H]3COC[C@H]3O)CC2)cc1C#N. The molecule has 0 aromatic heterocycles. The summed E-state index contributed by atoms with van der Waals surface area (Å²) in [5.74, 6) is 0.515. The van der Waals surface area contributed by atoms with Crippen LogP contribution >= 0.6 is 0 Å². The van der Waals surface area contributed by atoms with Gasteiger partial charge in [-0.3, -0.25) is 4.90 Å². The Labute approximate surface area is 159 Å². The first-order valence-electron chi connectivity index (χ1n) is 9.35. The number of anilines is 1. The zero-order valence-electron chi connectivity index (χ0n) is 15.6. The number of nitrogens with zero attached hydrogens (tertiary/aromatic N) is 3. The largest absolute Gasteiger partial charge is 0.492 e. The van der Waals surface area contributed by atoms with Crippen LogP contribution in [0.2, 0.25) is 0 Å². The number of rotatable bonds is 4. The van der Waals surface area contributed by atoms with Crippen molar-refractivity contribution in [1.29, 1.82) is 5.26 Å². The number of nitriles is 1. The Kier molecular flexibility index (Phi) is 6.50. The fourth-order valence-electron chi connectivity index (χ4n) is 3.53. The number of aliphatic hydroxyl groups is 1. The van der Waals surface area contributed by atoms with Crippen LogP contribution in [0.25, 0.3) is 0 Å². The lowest BCUT2D eigenvalue weighted by Crippen LogP contribution is -2.45. The zero-order chi connectivity index (χ0) is 19.2. The van der Waals surface area contributed by atoms with Crippen molar-refractivity contribution in [2.75, 3.05) is 51.3 Å². The molecule has 1 aromatic rings. The second kappa shape index (κ2) is 9.04. The summed E-state index contributed by atoms with van der Waals surface area (Å²) in [4.78, 5) is 16.6. The number of hydrogen-bond donors (Lipinski definition) is 2. The molecule has 2 N–H and O–H groups in total. The van der Waals surface area contributed by atoms with E-state index in [2.05, 4.69) is 16.3 Å². The molecule has 2 amide bonds. The molecule has 1 aromatic carbocycles. The predicted octanol–water partition coefficient (Wildman–Crippen LogP) is 1.26. The molecule has 8 nitrogen and oxygen atoms in total. The van der Waals surface area contributed by atoms with E-state index in [1.807, 2.05) is 6.92 Å². The minimum Gasteiger partial charge on any atom is -0.492 e. The van der Waals surface area contributed by atoms with Crippen molar-refractivity contribution in [3.05, 3.63) is 23.8 Å². The third kappa shape index (κ3) is 4.69. The minimum absolute atomic E-state index is 0.0114. The molecule has 0 spiro atoms. The molecule has 3 rings (SSSR count). The quantitative estimate of drug-likeness (QED) is 0.823. The number of ether oxygens (including phenoxy) is 2. The van der Waals surface area contributed by atoms with Crippen LogP contribution in [0.3, 0.4) is 0 Å². The van der Waals surface area contributed by atoms with E-state index in [0.717, 1.165) is 13.0 Å². The average Bonchev–Trinajstić information content (AvgIpc) is 2.94. The van der Waals surface area contributed by atoms with E-state index in [-0.39, 0.29) is 12.1 Å². The van der Waals surface area contributed by atoms with Crippen LogP contribution < -0.4 is 10.1 Å². The van der Waals surface area contributed by atoms with Gasteiger partial charge >= 0.3 is 6.03 Å². The Hall–Kier alpha value is -2.34. The number of nitrogens with one attached hydrogen (secondary N) is 1. The van der Waals surface area contributed by atoms with Crippen LogP contribution in [-0.2, 0) is 4.74 Å². The van der Waals surface area contributed by atoms with Gasteiger partial charge in [-0.05, 0) is 31.5 Å². The zero-order valence-corrected chi connectivity index (χ0v) is 15.6. The maximum atomic E-state index is 12.6. The van der Waals surface area contributed by atoms with E-state index < -0.39 is 6.10 Å². The third-order valence-electron chi connectivity index (χ3n) is 4.96. The molecule has 2 aliphatic heterocycles. The van der Waals surface area contributed by atoms with Crippen molar-refractivity contribution in [2.45, 2.75) is 25.5 Å². The predicted molar refractivity (Wildman–Crippen MR) is 99.7 cm³/mol. The van der Waals surface area contributed by atoms with E-state index in [1.54, 1.807) is 23.1 Å². The minimum atomic E-state index is -0.460. The average molecular weight is 374 g/mol. The summed E-state index contributed by atoms with van der Waals surface area (Å²) in [5.41, 5.74) is 0.965. The fourth-order valence-corrected chi connectivity index (χ4v) is 3.53. The molecule has 146 valence electrons. The van der Waals surface area contributed by atoms with Crippen molar-refractivity contribution in [2.24, 2.45) is 0 Å². The number of amides is 2.